The second kappa shape index (κ2) is 3.21. The smallest absolute Gasteiger partial charge is 0.129 e. The molecule has 0 aliphatic carbocycles. The first-order chi connectivity index (χ1) is 6.83. The summed E-state index contributed by atoms with van der Waals surface area (Å²) in [6.07, 6.45) is 5.86. The van der Waals surface area contributed by atoms with E-state index in [4.69, 9.17) is 11.6 Å². The van der Waals surface area contributed by atoms with E-state index in [0.29, 0.717) is 17.1 Å². The van der Waals surface area contributed by atoms with Gasteiger partial charge in [-0.3, -0.25) is 0 Å². The number of pyridine rings is 1. The Morgan fingerprint density at radius 3 is 2.86 bits per heavy atom. The van der Waals surface area contributed by atoms with Gasteiger partial charge in [0.2, 0.25) is 0 Å². The second-order valence-corrected chi connectivity index (χ2v) is 4.69. The third kappa shape index (κ3) is 1.33. The van der Waals surface area contributed by atoms with Crippen molar-refractivity contribution in [2.24, 2.45) is 0 Å². The number of aromatic nitrogens is 1. The molecule has 3 rings (SSSR count). The van der Waals surface area contributed by atoms with Crippen molar-refractivity contribution in [3.05, 3.63) is 29.0 Å². The van der Waals surface area contributed by atoms with Crippen LogP contribution >= 0.6 is 11.6 Å². The van der Waals surface area contributed by atoms with Gasteiger partial charge < -0.3 is 5.32 Å². The van der Waals surface area contributed by atoms with Crippen LogP contribution in [0.1, 0.15) is 30.7 Å². The molecule has 3 heterocycles. The topological polar surface area (TPSA) is 24.9 Å². The van der Waals surface area contributed by atoms with E-state index in [-0.39, 0.29) is 0 Å². The molecule has 3 atom stereocenters. The van der Waals surface area contributed by atoms with Gasteiger partial charge in [0.1, 0.15) is 5.15 Å². The van der Waals surface area contributed by atoms with Gasteiger partial charge in [-0.2, -0.15) is 0 Å². The van der Waals surface area contributed by atoms with Crippen molar-refractivity contribution in [1.82, 2.24) is 10.3 Å². The van der Waals surface area contributed by atoms with E-state index in [1.807, 2.05) is 12.3 Å². The van der Waals surface area contributed by atoms with Crippen molar-refractivity contribution in [3.63, 3.8) is 0 Å². The lowest BCUT2D eigenvalue weighted by Crippen LogP contribution is -2.21. The number of fused-ring (bicyclic) bond motifs is 2. The van der Waals surface area contributed by atoms with Crippen molar-refractivity contribution in [2.45, 2.75) is 37.3 Å². The average Bonchev–Trinajstić information content (AvgIpc) is 2.80. The van der Waals surface area contributed by atoms with Crippen LogP contribution in [0.4, 0.5) is 0 Å². The molecule has 14 heavy (non-hydrogen) atoms. The third-order valence-corrected chi connectivity index (χ3v) is 3.70. The molecule has 74 valence electrons. The highest BCUT2D eigenvalue weighted by molar-refractivity contribution is 6.29. The molecule has 1 aromatic heterocycles. The van der Waals surface area contributed by atoms with Gasteiger partial charge in [0.15, 0.2) is 0 Å². The Morgan fingerprint density at radius 1 is 1.36 bits per heavy atom. The van der Waals surface area contributed by atoms with E-state index in [1.54, 1.807) is 0 Å². The van der Waals surface area contributed by atoms with Gasteiger partial charge in [-0.05, 0) is 30.9 Å². The molecule has 2 aliphatic heterocycles. The highest BCUT2D eigenvalue weighted by Crippen LogP contribution is 2.39. The zero-order valence-electron chi connectivity index (χ0n) is 7.91. The van der Waals surface area contributed by atoms with E-state index >= 15 is 0 Å². The first-order valence-electron chi connectivity index (χ1n) is 5.20. The largest absolute Gasteiger partial charge is 0.311 e. The quantitative estimate of drug-likeness (QED) is 0.717. The molecule has 2 saturated heterocycles. The fourth-order valence-corrected chi connectivity index (χ4v) is 2.91. The van der Waals surface area contributed by atoms with Crippen LogP contribution in [0, 0.1) is 0 Å². The minimum atomic E-state index is 0.588. The predicted octanol–water partition coefficient (Wildman–Crippen LogP) is 2.34. The van der Waals surface area contributed by atoms with E-state index in [9.17, 15) is 0 Å². The van der Waals surface area contributed by atoms with Gasteiger partial charge >= 0.3 is 0 Å². The number of rotatable bonds is 1. The number of halogens is 1. The molecule has 0 radical (unpaired) electrons. The van der Waals surface area contributed by atoms with Crippen LogP contribution in [0.15, 0.2) is 18.3 Å². The summed E-state index contributed by atoms with van der Waals surface area (Å²) in [5.41, 5.74) is 1.34. The summed E-state index contributed by atoms with van der Waals surface area (Å²) in [5, 5.41) is 4.22. The molecule has 2 unspecified atom stereocenters. The molecule has 0 spiro atoms. The van der Waals surface area contributed by atoms with Crippen LogP contribution in [-0.4, -0.2) is 17.1 Å². The second-order valence-electron chi connectivity index (χ2n) is 4.30. The SMILES string of the molecule is Clc1ccc([C@@H]2CC3CCC2N3)cn1. The molecular formula is C11H13ClN2. The lowest BCUT2D eigenvalue weighted by atomic mass is 9.85. The summed E-state index contributed by atoms with van der Waals surface area (Å²) in [7, 11) is 0. The van der Waals surface area contributed by atoms with Gasteiger partial charge in [0.25, 0.3) is 0 Å². The first kappa shape index (κ1) is 8.69. The van der Waals surface area contributed by atoms with Gasteiger partial charge in [-0.15, -0.1) is 0 Å². The molecule has 1 N–H and O–H groups in total. The Bertz CT molecular complexity index is 336. The van der Waals surface area contributed by atoms with Crippen LogP contribution in [0.2, 0.25) is 5.15 Å². The molecular weight excluding hydrogens is 196 g/mol. The van der Waals surface area contributed by atoms with E-state index < -0.39 is 0 Å². The maximum Gasteiger partial charge on any atom is 0.129 e. The molecule has 0 aromatic carbocycles. The fraction of sp³-hybridized carbons (Fsp3) is 0.545. The monoisotopic (exact) mass is 208 g/mol. The van der Waals surface area contributed by atoms with Crippen LogP contribution < -0.4 is 5.32 Å². The molecule has 2 aliphatic rings. The van der Waals surface area contributed by atoms with Gasteiger partial charge in [-0.1, -0.05) is 17.7 Å². The summed E-state index contributed by atoms with van der Waals surface area (Å²) in [5.74, 6) is 0.665. The molecule has 1 aromatic rings. The number of hydrogen-bond acceptors (Lipinski definition) is 2. The minimum Gasteiger partial charge on any atom is -0.311 e. The van der Waals surface area contributed by atoms with Crippen molar-refractivity contribution < 1.29 is 0 Å². The standard InChI is InChI=1S/C11H13ClN2/c12-11-4-1-7(6-13-11)9-5-8-2-3-10(9)14-8/h1,4,6,8-10,14H,2-3,5H2/t8?,9-,10?/m0/s1. The fourth-order valence-electron chi connectivity index (χ4n) is 2.80. The summed E-state index contributed by atoms with van der Waals surface area (Å²) >= 11 is 5.77. The van der Waals surface area contributed by atoms with Crippen molar-refractivity contribution in [1.29, 1.82) is 0 Å². The normalized spacial score (nSPS) is 35.1. The summed E-state index contributed by atoms with van der Waals surface area (Å²) in [6, 6.07) is 5.44. The maximum absolute atomic E-state index is 5.77. The Morgan fingerprint density at radius 2 is 2.29 bits per heavy atom. The zero-order valence-corrected chi connectivity index (χ0v) is 8.67. The number of nitrogens with one attached hydrogen (secondary N) is 1. The van der Waals surface area contributed by atoms with E-state index in [0.717, 1.165) is 6.04 Å². The lowest BCUT2D eigenvalue weighted by Gasteiger charge is -2.19. The van der Waals surface area contributed by atoms with Gasteiger partial charge in [0, 0.05) is 24.2 Å². The highest BCUT2D eigenvalue weighted by Gasteiger charge is 2.39. The van der Waals surface area contributed by atoms with E-state index in [1.165, 1.54) is 24.8 Å². The summed E-state index contributed by atoms with van der Waals surface area (Å²) in [6.45, 7) is 0. The molecule has 0 saturated carbocycles. The third-order valence-electron chi connectivity index (χ3n) is 3.48. The number of nitrogens with zero attached hydrogens (tertiary/aromatic N) is 1. The average molecular weight is 209 g/mol. The molecule has 2 nitrogen and oxygen atoms in total. The summed E-state index contributed by atoms with van der Waals surface area (Å²) < 4.78 is 0. The van der Waals surface area contributed by atoms with Crippen LogP contribution in [0.5, 0.6) is 0 Å². The van der Waals surface area contributed by atoms with Crippen LogP contribution in [0.25, 0.3) is 0 Å². The van der Waals surface area contributed by atoms with E-state index in [2.05, 4.69) is 16.4 Å². The molecule has 0 amide bonds. The highest BCUT2D eigenvalue weighted by atomic mass is 35.5. The summed E-state index contributed by atoms with van der Waals surface area (Å²) in [4.78, 5) is 4.14. The van der Waals surface area contributed by atoms with Crippen LogP contribution in [-0.2, 0) is 0 Å². The molecule has 3 heteroatoms. The zero-order chi connectivity index (χ0) is 9.54. The molecule has 2 fully saturated rings. The predicted molar refractivity (Wildman–Crippen MR) is 56.6 cm³/mol. The Labute approximate surface area is 88.7 Å². The van der Waals surface area contributed by atoms with Crippen LogP contribution in [0.3, 0.4) is 0 Å². The van der Waals surface area contributed by atoms with Crippen molar-refractivity contribution in [3.8, 4) is 0 Å². The minimum absolute atomic E-state index is 0.588. The van der Waals surface area contributed by atoms with Crippen molar-refractivity contribution >= 4 is 11.6 Å². The number of hydrogen-bond donors (Lipinski definition) is 1. The Kier molecular flexibility index (Phi) is 1.99. The maximum atomic E-state index is 5.77. The molecule has 2 bridgehead atoms. The Balaban J connectivity index is 1.86. The lowest BCUT2D eigenvalue weighted by molar-refractivity contribution is 0.505. The van der Waals surface area contributed by atoms with Gasteiger partial charge in [-0.25, -0.2) is 4.98 Å². The van der Waals surface area contributed by atoms with Gasteiger partial charge in [0.05, 0.1) is 0 Å². The van der Waals surface area contributed by atoms with Crippen molar-refractivity contribution in [2.75, 3.05) is 0 Å². The first-order valence-corrected chi connectivity index (χ1v) is 5.58. The Hall–Kier alpha value is -0.600.